The van der Waals surface area contributed by atoms with Crippen molar-refractivity contribution >= 4 is 22.4 Å². The molecule has 0 saturated heterocycles. The normalized spacial score (nSPS) is 12.4. The number of hydrogen-bond acceptors (Lipinski definition) is 5. The Morgan fingerprint density at radius 1 is 1.13 bits per heavy atom. The first kappa shape index (κ1) is 15.6. The molecule has 6 nitrogen and oxygen atoms in total. The van der Waals surface area contributed by atoms with Crippen LogP contribution in [0.3, 0.4) is 0 Å². The van der Waals surface area contributed by atoms with Crippen molar-refractivity contribution in [1.82, 2.24) is 13.9 Å². The average Bonchev–Trinajstić information content (AvgIpc) is 2.97. The van der Waals surface area contributed by atoms with Crippen molar-refractivity contribution in [2.45, 2.75) is 18.9 Å². The van der Waals surface area contributed by atoms with Gasteiger partial charge in [-0.1, -0.05) is 0 Å². The summed E-state index contributed by atoms with van der Waals surface area (Å²) in [6.45, 7) is 3.76. The minimum atomic E-state index is -1.52. The molecule has 0 saturated carbocycles. The van der Waals surface area contributed by atoms with Crippen LogP contribution in [0.2, 0.25) is 0 Å². The predicted octanol–water partition coefficient (Wildman–Crippen LogP) is 2.64. The maximum absolute atomic E-state index is 13.0. The van der Waals surface area contributed by atoms with Crippen LogP contribution in [-0.2, 0) is 11.4 Å². The fourth-order valence-corrected chi connectivity index (χ4v) is 3.65. The molecule has 0 N–H and O–H groups in total. The van der Waals surface area contributed by atoms with Gasteiger partial charge < -0.3 is 14.0 Å². The number of methoxy groups -OCH3 is 2. The Kier molecular flexibility index (Phi) is 4.14. The molecule has 0 fully saturated rings. The molecular formula is C16H17N3O3S. The van der Waals surface area contributed by atoms with Gasteiger partial charge in [-0.2, -0.15) is 0 Å². The van der Waals surface area contributed by atoms with Crippen LogP contribution in [0.4, 0.5) is 0 Å². The van der Waals surface area contributed by atoms with E-state index >= 15 is 0 Å². The van der Waals surface area contributed by atoms with E-state index in [0.29, 0.717) is 16.5 Å². The molecule has 2 heterocycles. The average molecular weight is 331 g/mol. The third kappa shape index (κ3) is 2.62. The number of nitrogens with zero attached hydrogens (tertiary/aromatic N) is 3. The highest BCUT2D eigenvalue weighted by Gasteiger charge is 2.25. The zero-order valence-corrected chi connectivity index (χ0v) is 14.2. The maximum atomic E-state index is 13.0. The molecule has 0 aliphatic carbocycles. The van der Waals surface area contributed by atoms with E-state index in [0.717, 1.165) is 22.2 Å². The lowest BCUT2D eigenvalue weighted by Gasteiger charge is -2.14. The number of rotatable bonds is 4. The second-order valence-electron chi connectivity index (χ2n) is 5.08. The summed E-state index contributed by atoms with van der Waals surface area (Å²) in [5.74, 6) is 1.38. The maximum Gasteiger partial charge on any atom is 0.278 e. The molecule has 0 radical (unpaired) electrons. The number of hydrogen-bond donors (Lipinski definition) is 0. The van der Waals surface area contributed by atoms with E-state index in [1.165, 1.54) is 0 Å². The Hall–Kier alpha value is -2.25. The molecule has 0 amide bonds. The topological polar surface area (TPSA) is 72.2 Å². The van der Waals surface area contributed by atoms with Crippen molar-refractivity contribution in [1.29, 1.82) is 0 Å². The van der Waals surface area contributed by atoms with Crippen LogP contribution in [0.25, 0.3) is 11.0 Å². The smallest absolute Gasteiger partial charge is 0.278 e. The van der Waals surface area contributed by atoms with Gasteiger partial charge in [-0.3, -0.25) is 0 Å². The van der Waals surface area contributed by atoms with Crippen LogP contribution < -0.4 is 9.47 Å². The van der Waals surface area contributed by atoms with Gasteiger partial charge in [-0.15, -0.1) is 3.97 Å². The van der Waals surface area contributed by atoms with Crippen LogP contribution in [0, 0.1) is 13.8 Å². The summed E-state index contributed by atoms with van der Waals surface area (Å²) in [7, 11) is 3.19. The summed E-state index contributed by atoms with van der Waals surface area (Å²) >= 11 is -1.52. The molecule has 2 aromatic heterocycles. The number of benzene rings is 1. The van der Waals surface area contributed by atoms with Crippen LogP contribution in [0.5, 0.6) is 11.5 Å². The quantitative estimate of drug-likeness (QED) is 0.687. The van der Waals surface area contributed by atoms with Gasteiger partial charge in [0.25, 0.3) is 5.03 Å². The van der Waals surface area contributed by atoms with Crippen molar-refractivity contribution < 1.29 is 14.0 Å². The summed E-state index contributed by atoms with van der Waals surface area (Å²) in [5, 5.41) is 0.453. The van der Waals surface area contributed by atoms with Gasteiger partial charge in [0.05, 0.1) is 25.3 Å². The molecule has 1 atom stereocenters. The molecule has 7 heteroatoms. The summed E-state index contributed by atoms with van der Waals surface area (Å²) < 4.78 is 25.2. The number of ether oxygens (including phenoxy) is 2. The number of pyridine rings is 1. The number of aryl methyl sites for hydroxylation is 1. The van der Waals surface area contributed by atoms with Gasteiger partial charge in [0.2, 0.25) is 0 Å². The summed E-state index contributed by atoms with van der Waals surface area (Å²) in [4.78, 5) is 8.62. The van der Waals surface area contributed by atoms with E-state index in [4.69, 9.17) is 9.47 Å². The minimum Gasteiger partial charge on any atom is -0.586 e. The highest BCUT2D eigenvalue weighted by molar-refractivity contribution is 7.90. The largest absolute Gasteiger partial charge is 0.586 e. The first-order chi connectivity index (χ1) is 11.1. The van der Waals surface area contributed by atoms with E-state index in [-0.39, 0.29) is 0 Å². The molecule has 0 aliphatic rings. The Labute approximate surface area is 137 Å². The lowest BCUT2D eigenvalue weighted by molar-refractivity contribution is 0.405. The molecule has 3 aromatic rings. The van der Waals surface area contributed by atoms with E-state index < -0.39 is 11.4 Å². The van der Waals surface area contributed by atoms with Crippen molar-refractivity contribution in [2.75, 3.05) is 14.2 Å². The fraction of sp³-hybridized carbons (Fsp3) is 0.250. The lowest BCUT2D eigenvalue weighted by Crippen LogP contribution is -2.16. The second-order valence-corrected chi connectivity index (χ2v) is 6.36. The molecule has 3 rings (SSSR count). The van der Waals surface area contributed by atoms with Gasteiger partial charge >= 0.3 is 0 Å². The monoisotopic (exact) mass is 331 g/mol. The van der Waals surface area contributed by atoms with E-state index in [1.807, 2.05) is 26.0 Å². The molecule has 0 aliphatic heterocycles. The molecule has 0 spiro atoms. The second kappa shape index (κ2) is 6.10. The van der Waals surface area contributed by atoms with Gasteiger partial charge in [0.1, 0.15) is 34.7 Å². The number of fused-ring (bicyclic) bond motifs is 1. The first-order valence-electron chi connectivity index (χ1n) is 7.00. The molecule has 1 aromatic carbocycles. The Morgan fingerprint density at radius 3 is 2.61 bits per heavy atom. The van der Waals surface area contributed by atoms with Crippen molar-refractivity contribution in [3.05, 3.63) is 41.9 Å². The summed E-state index contributed by atoms with van der Waals surface area (Å²) in [6.07, 6.45) is 3.21. The van der Waals surface area contributed by atoms with Gasteiger partial charge in [0.15, 0.2) is 0 Å². The highest BCUT2D eigenvalue weighted by Crippen LogP contribution is 2.29. The van der Waals surface area contributed by atoms with Crippen molar-refractivity contribution in [2.24, 2.45) is 0 Å². The molecular weight excluding hydrogens is 314 g/mol. The van der Waals surface area contributed by atoms with Gasteiger partial charge in [0, 0.05) is 17.8 Å². The van der Waals surface area contributed by atoms with Gasteiger partial charge in [-0.05, 0) is 26.0 Å². The zero-order chi connectivity index (χ0) is 16.6. The predicted molar refractivity (Wildman–Crippen MR) is 88.4 cm³/mol. The SMILES string of the molecule is COc1ccc2ncn([S+]([O-])c3ncc(C)c(OC)c3C)c2c1. The Morgan fingerprint density at radius 2 is 1.91 bits per heavy atom. The zero-order valence-electron chi connectivity index (χ0n) is 13.4. The molecule has 0 bridgehead atoms. The van der Waals surface area contributed by atoms with Crippen LogP contribution in [-0.4, -0.2) is 32.7 Å². The summed E-state index contributed by atoms with van der Waals surface area (Å²) in [6, 6.07) is 5.46. The van der Waals surface area contributed by atoms with Crippen LogP contribution >= 0.6 is 0 Å². The van der Waals surface area contributed by atoms with Crippen LogP contribution in [0.15, 0.2) is 35.7 Å². The van der Waals surface area contributed by atoms with E-state index in [2.05, 4.69) is 9.97 Å². The molecule has 23 heavy (non-hydrogen) atoms. The van der Waals surface area contributed by atoms with Crippen molar-refractivity contribution in [3.8, 4) is 11.5 Å². The molecule has 120 valence electrons. The standard InChI is InChI=1S/C16H17N3O3S/c1-10-8-17-16(11(2)15(10)22-4)23(20)19-9-18-13-6-5-12(21-3)7-14(13)19/h5-9H,1-4H3. The van der Waals surface area contributed by atoms with E-state index in [1.54, 1.807) is 36.8 Å². The third-order valence-corrected chi connectivity index (χ3v) is 5.06. The minimum absolute atomic E-state index is 0.453. The highest BCUT2D eigenvalue weighted by atomic mass is 32.2. The van der Waals surface area contributed by atoms with Gasteiger partial charge in [-0.25, -0.2) is 9.97 Å². The number of imidazole rings is 1. The Bertz CT molecular complexity index is 863. The first-order valence-corrected chi connectivity index (χ1v) is 8.11. The van der Waals surface area contributed by atoms with Crippen molar-refractivity contribution in [3.63, 3.8) is 0 Å². The Balaban J connectivity index is 2.12. The summed E-state index contributed by atoms with van der Waals surface area (Å²) in [5.41, 5.74) is 3.14. The number of aromatic nitrogens is 3. The van der Waals surface area contributed by atoms with Crippen LogP contribution in [0.1, 0.15) is 11.1 Å². The lowest BCUT2D eigenvalue weighted by atomic mass is 10.2. The fourth-order valence-electron chi connectivity index (χ4n) is 2.51. The molecule has 1 unspecified atom stereocenters. The van der Waals surface area contributed by atoms with E-state index in [9.17, 15) is 4.55 Å². The third-order valence-electron chi connectivity index (χ3n) is 3.66.